The number of rotatable bonds is 5. The van der Waals surface area contributed by atoms with Crippen LogP contribution in [0.4, 0.5) is 0 Å². The van der Waals surface area contributed by atoms with Crippen molar-refractivity contribution in [3.05, 3.63) is 71.8 Å². The van der Waals surface area contributed by atoms with Crippen LogP contribution in [0.15, 0.2) is 66.3 Å². The van der Waals surface area contributed by atoms with Gasteiger partial charge in [0, 0.05) is 6.04 Å². The highest BCUT2D eigenvalue weighted by Gasteiger charge is 2.46. The van der Waals surface area contributed by atoms with Crippen molar-refractivity contribution >= 4 is 0 Å². The first-order chi connectivity index (χ1) is 11.2. The normalized spacial score (nSPS) is 24.5. The molecule has 0 aromatic heterocycles. The average molecular weight is 309 g/mol. The van der Waals surface area contributed by atoms with E-state index in [0.29, 0.717) is 0 Å². The lowest BCUT2D eigenvalue weighted by molar-refractivity contribution is -0.00562. The highest BCUT2D eigenvalue weighted by molar-refractivity contribution is 5.49. The van der Waals surface area contributed by atoms with Gasteiger partial charge in [-0.25, -0.2) is 0 Å². The Labute approximate surface area is 139 Å². The standard InChI is InChI=1S/C21H27NO/c1-3-15-22-16-9-14-20(22)21(23,18-11-5-4-6-12-18)19-13-8-7-10-17(19)2/h4-8,11-13,20,23H,2-3,9-10,14-16H2,1H3/t20-,21+/m0/s1. The van der Waals surface area contributed by atoms with E-state index < -0.39 is 5.60 Å². The van der Waals surface area contributed by atoms with E-state index in [4.69, 9.17) is 0 Å². The Morgan fingerprint density at radius 3 is 2.78 bits per heavy atom. The topological polar surface area (TPSA) is 23.5 Å². The van der Waals surface area contributed by atoms with E-state index in [1.54, 1.807) is 0 Å². The molecule has 1 N–H and O–H groups in total. The summed E-state index contributed by atoms with van der Waals surface area (Å²) in [5, 5.41) is 12.0. The van der Waals surface area contributed by atoms with Crippen LogP contribution in [-0.2, 0) is 5.60 Å². The first-order valence-corrected chi connectivity index (χ1v) is 8.75. The number of allylic oxidation sites excluding steroid dienone is 3. The Morgan fingerprint density at radius 2 is 2.09 bits per heavy atom. The van der Waals surface area contributed by atoms with Gasteiger partial charge in [-0.3, -0.25) is 4.90 Å². The summed E-state index contributed by atoms with van der Waals surface area (Å²) in [5.74, 6) is 0. The number of nitrogens with zero attached hydrogens (tertiary/aromatic N) is 1. The zero-order valence-corrected chi connectivity index (χ0v) is 14.0. The van der Waals surface area contributed by atoms with Crippen LogP contribution in [0, 0.1) is 0 Å². The summed E-state index contributed by atoms with van der Waals surface area (Å²) in [6.45, 7) is 8.55. The summed E-state index contributed by atoms with van der Waals surface area (Å²) in [7, 11) is 0. The van der Waals surface area contributed by atoms with E-state index >= 15 is 0 Å². The predicted octanol–water partition coefficient (Wildman–Crippen LogP) is 4.19. The lowest BCUT2D eigenvalue weighted by Gasteiger charge is -2.42. The number of hydrogen-bond acceptors (Lipinski definition) is 2. The van der Waals surface area contributed by atoms with Gasteiger partial charge in [-0.2, -0.15) is 0 Å². The highest BCUT2D eigenvalue weighted by atomic mass is 16.3. The average Bonchev–Trinajstić information content (AvgIpc) is 3.05. The van der Waals surface area contributed by atoms with E-state index in [1.165, 1.54) is 0 Å². The fraction of sp³-hybridized carbons (Fsp3) is 0.429. The second-order valence-electron chi connectivity index (χ2n) is 6.64. The quantitative estimate of drug-likeness (QED) is 0.881. The lowest BCUT2D eigenvalue weighted by atomic mass is 9.74. The fourth-order valence-corrected chi connectivity index (χ4v) is 4.07. The minimum Gasteiger partial charge on any atom is -0.379 e. The van der Waals surface area contributed by atoms with Gasteiger partial charge in [0.25, 0.3) is 0 Å². The smallest absolute Gasteiger partial charge is 0.130 e. The van der Waals surface area contributed by atoms with Gasteiger partial charge in [0.1, 0.15) is 5.60 Å². The molecule has 0 radical (unpaired) electrons. The highest BCUT2D eigenvalue weighted by Crippen LogP contribution is 2.44. The van der Waals surface area contributed by atoms with Crippen molar-refractivity contribution in [2.45, 2.75) is 44.2 Å². The molecular weight excluding hydrogens is 282 g/mol. The SMILES string of the molecule is C=C1CC=CC=C1[C@](O)(c1ccccc1)[C@@H]1CCCN1CCC. The lowest BCUT2D eigenvalue weighted by Crippen LogP contribution is -2.49. The molecule has 1 aliphatic heterocycles. The summed E-state index contributed by atoms with van der Waals surface area (Å²) in [6, 6.07) is 10.3. The van der Waals surface area contributed by atoms with Gasteiger partial charge in [0.2, 0.25) is 0 Å². The molecular formula is C21H27NO. The molecule has 0 amide bonds. The second kappa shape index (κ2) is 6.86. The van der Waals surface area contributed by atoms with Crippen LogP contribution in [0.3, 0.4) is 0 Å². The third-order valence-electron chi connectivity index (χ3n) is 5.13. The van der Waals surface area contributed by atoms with Gasteiger partial charge >= 0.3 is 0 Å². The molecule has 2 atom stereocenters. The molecule has 2 heteroatoms. The molecule has 0 saturated carbocycles. The molecule has 1 saturated heterocycles. The molecule has 0 bridgehead atoms. The van der Waals surface area contributed by atoms with Crippen LogP contribution in [0.25, 0.3) is 0 Å². The minimum absolute atomic E-state index is 0.124. The first kappa shape index (κ1) is 16.2. The first-order valence-electron chi connectivity index (χ1n) is 8.75. The monoisotopic (exact) mass is 309 g/mol. The molecule has 1 aromatic rings. The molecule has 23 heavy (non-hydrogen) atoms. The molecule has 1 aromatic carbocycles. The van der Waals surface area contributed by atoms with E-state index in [-0.39, 0.29) is 6.04 Å². The maximum absolute atomic E-state index is 12.0. The Kier molecular flexibility index (Phi) is 4.84. The maximum atomic E-state index is 12.0. The van der Waals surface area contributed by atoms with E-state index in [9.17, 15) is 5.11 Å². The summed E-state index contributed by atoms with van der Waals surface area (Å²) in [5.41, 5.74) is 2.02. The number of benzene rings is 1. The van der Waals surface area contributed by atoms with E-state index in [0.717, 1.165) is 55.5 Å². The molecule has 1 aliphatic carbocycles. The van der Waals surface area contributed by atoms with Crippen molar-refractivity contribution in [1.29, 1.82) is 0 Å². The van der Waals surface area contributed by atoms with Crippen LogP contribution in [0.2, 0.25) is 0 Å². The van der Waals surface area contributed by atoms with Crippen LogP contribution in [0.5, 0.6) is 0 Å². The third kappa shape index (κ3) is 2.93. The number of aliphatic hydroxyl groups is 1. The van der Waals surface area contributed by atoms with E-state index in [1.807, 2.05) is 18.2 Å². The van der Waals surface area contributed by atoms with Gasteiger partial charge in [0.15, 0.2) is 0 Å². The Morgan fingerprint density at radius 1 is 1.30 bits per heavy atom. The minimum atomic E-state index is -0.977. The van der Waals surface area contributed by atoms with Crippen molar-refractivity contribution < 1.29 is 5.11 Å². The Hall–Kier alpha value is -1.64. The number of hydrogen-bond donors (Lipinski definition) is 1. The molecule has 2 aliphatic rings. The summed E-state index contributed by atoms with van der Waals surface area (Å²) >= 11 is 0. The van der Waals surface area contributed by atoms with Crippen LogP contribution in [-0.4, -0.2) is 29.1 Å². The molecule has 122 valence electrons. The van der Waals surface area contributed by atoms with Gasteiger partial charge in [-0.1, -0.05) is 62.1 Å². The molecule has 1 heterocycles. The van der Waals surface area contributed by atoms with Crippen molar-refractivity contribution in [2.75, 3.05) is 13.1 Å². The van der Waals surface area contributed by atoms with Gasteiger partial charge in [0.05, 0.1) is 0 Å². The third-order valence-corrected chi connectivity index (χ3v) is 5.13. The van der Waals surface area contributed by atoms with Crippen molar-refractivity contribution in [2.24, 2.45) is 0 Å². The Bertz CT molecular complexity index is 616. The molecule has 2 nitrogen and oxygen atoms in total. The summed E-state index contributed by atoms with van der Waals surface area (Å²) < 4.78 is 0. The zero-order chi connectivity index (χ0) is 16.3. The van der Waals surface area contributed by atoms with Gasteiger partial charge < -0.3 is 5.11 Å². The second-order valence-corrected chi connectivity index (χ2v) is 6.64. The van der Waals surface area contributed by atoms with Crippen LogP contribution >= 0.6 is 0 Å². The van der Waals surface area contributed by atoms with Crippen molar-refractivity contribution in [3.8, 4) is 0 Å². The van der Waals surface area contributed by atoms with Crippen LogP contribution in [0.1, 0.15) is 38.2 Å². The van der Waals surface area contributed by atoms with Gasteiger partial charge in [-0.05, 0) is 55.5 Å². The summed E-state index contributed by atoms with van der Waals surface area (Å²) in [4.78, 5) is 2.46. The summed E-state index contributed by atoms with van der Waals surface area (Å²) in [6.07, 6.45) is 10.3. The Balaban J connectivity index is 2.09. The van der Waals surface area contributed by atoms with Crippen molar-refractivity contribution in [1.82, 2.24) is 4.90 Å². The predicted molar refractivity (Wildman–Crippen MR) is 96.2 cm³/mol. The van der Waals surface area contributed by atoms with Crippen LogP contribution < -0.4 is 0 Å². The maximum Gasteiger partial charge on any atom is 0.130 e. The molecule has 0 spiro atoms. The largest absolute Gasteiger partial charge is 0.379 e. The molecule has 0 unspecified atom stereocenters. The van der Waals surface area contributed by atoms with Crippen molar-refractivity contribution in [3.63, 3.8) is 0 Å². The van der Waals surface area contributed by atoms with E-state index in [2.05, 4.69) is 48.8 Å². The molecule has 1 fully saturated rings. The molecule has 3 rings (SSSR count). The fourth-order valence-electron chi connectivity index (χ4n) is 4.07. The zero-order valence-electron chi connectivity index (χ0n) is 14.0. The number of likely N-dealkylation sites (tertiary alicyclic amines) is 1. The van der Waals surface area contributed by atoms with Gasteiger partial charge in [-0.15, -0.1) is 0 Å².